The Labute approximate surface area is 100 Å². The highest BCUT2D eigenvalue weighted by molar-refractivity contribution is 6.32. The lowest BCUT2D eigenvalue weighted by Crippen LogP contribution is -2.17. The lowest BCUT2D eigenvalue weighted by molar-refractivity contribution is 0.567. The highest BCUT2D eigenvalue weighted by Crippen LogP contribution is 2.28. The predicted octanol–water partition coefficient (Wildman–Crippen LogP) is 2.56. The van der Waals surface area contributed by atoms with Gasteiger partial charge in [0.2, 0.25) is 0 Å². The number of rotatable bonds is 3. The van der Waals surface area contributed by atoms with Crippen LogP contribution in [-0.2, 0) is 0 Å². The molecule has 5 heteroatoms. The summed E-state index contributed by atoms with van der Waals surface area (Å²) in [4.78, 5) is 0. The number of hydrogen-bond donors (Lipinski definition) is 2. The van der Waals surface area contributed by atoms with E-state index in [1.54, 1.807) is 6.07 Å². The minimum atomic E-state index is -0.424. The van der Waals surface area contributed by atoms with E-state index < -0.39 is 6.04 Å². The molecule has 0 amide bonds. The first-order chi connectivity index (χ1) is 6.57. The van der Waals surface area contributed by atoms with Gasteiger partial charge in [-0.05, 0) is 31.5 Å². The molecule has 0 heterocycles. The van der Waals surface area contributed by atoms with Gasteiger partial charge in [-0.3, -0.25) is 0 Å². The average molecular weight is 253 g/mol. The van der Waals surface area contributed by atoms with E-state index in [9.17, 15) is 4.39 Å². The van der Waals surface area contributed by atoms with Gasteiger partial charge in [0.1, 0.15) is 5.82 Å². The molecule has 0 spiro atoms. The van der Waals surface area contributed by atoms with Gasteiger partial charge in [0.15, 0.2) is 0 Å². The van der Waals surface area contributed by atoms with E-state index in [1.165, 1.54) is 6.07 Å². The first-order valence-corrected chi connectivity index (χ1v) is 4.86. The summed E-state index contributed by atoms with van der Waals surface area (Å²) in [5.41, 5.74) is 12.3. The van der Waals surface area contributed by atoms with Gasteiger partial charge >= 0.3 is 0 Å². The van der Waals surface area contributed by atoms with Crippen molar-refractivity contribution in [3.05, 3.63) is 34.1 Å². The summed E-state index contributed by atoms with van der Waals surface area (Å²) >= 11 is 5.97. The topological polar surface area (TPSA) is 52.0 Å². The maximum atomic E-state index is 13.4. The summed E-state index contributed by atoms with van der Waals surface area (Å²) in [5, 5.41) is 0.408. The summed E-state index contributed by atoms with van der Waals surface area (Å²) in [5.74, 6) is -0.360. The van der Waals surface area contributed by atoms with Crippen LogP contribution < -0.4 is 11.5 Å². The van der Waals surface area contributed by atoms with E-state index in [0.29, 0.717) is 23.6 Å². The van der Waals surface area contributed by atoms with Gasteiger partial charge < -0.3 is 11.5 Å². The van der Waals surface area contributed by atoms with Gasteiger partial charge in [-0.1, -0.05) is 17.7 Å². The van der Waals surface area contributed by atoms with Crippen molar-refractivity contribution in [1.82, 2.24) is 0 Å². The number of nitrogens with two attached hydrogens (primary N) is 2. The van der Waals surface area contributed by atoms with Crippen molar-refractivity contribution in [2.45, 2.75) is 19.4 Å². The summed E-state index contributed by atoms with van der Waals surface area (Å²) in [7, 11) is 0. The van der Waals surface area contributed by atoms with Gasteiger partial charge in [-0.25, -0.2) is 4.39 Å². The zero-order valence-electron chi connectivity index (χ0n) is 8.47. The van der Waals surface area contributed by atoms with E-state index in [2.05, 4.69) is 0 Å². The first-order valence-electron chi connectivity index (χ1n) is 4.48. The number of benzene rings is 1. The van der Waals surface area contributed by atoms with Crippen molar-refractivity contribution >= 4 is 24.0 Å². The standard InChI is InChI=1S/C10H14ClFN2.ClH/c1-6-2-3-7(12)9(10(6)11)8(14)4-5-13;/h2-3,8H,4-5,13-14H2,1H3;1H/t8-;/m1./s1. The molecule has 86 valence electrons. The number of hydrogen-bond acceptors (Lipinski definition) is 2. The van der Waals surface area contributed by atoms with Gasteiger partial charge in [0.05, 0.1) is 5.02 Å². The molecule has 1 rings (SSSR count). The van der Waals surface area contributed by atoms with Crippen LogP contribution in [0, 0.1) is 12.7 Å². The molecule has 0 aliphatic heterocycles. The highest BCUT2D eigenvalue weighted by atomic mass is 35.5. The molecule has 1 aromatic carbocycles. The smallest absolute Gasteiger partial charge is 0.129 e. The van der Waals surface area contributed by atoms with Gasteiger partial charge in [0.25, 0.3) is 0 Å². The second kappa shape index (κ2) is 6.28. The zero-order valence-corrected chi connectivity index (χ0v) is 10.0. The Bertz CT molecular complexity index is 331. The molecule has 0 aromatic heterocycles. The van der Waals surface area contributed by atoms with E-state index >= 15 is 0 Å². The summed E-state index contributed by atoms with van der Waals surface area (Å²) in [6.45, 7) is 2.24. The molecule has 0 aliphatic rings. The van der Waals surface area contributed by atoms with E-state index in [4.69, 9.17) is 23.1 Å². The maximum Gasteiger partial charge on any atom is 0.129 e. The van der Waals surface area contributed by atoms with E-state index in [1.807, 2.05) is 6.92 Å². The molecule has 0 saturated carbocycles. The summed E-state index contributed by atoms with van der Waals surface area (Å²) in [6, 6.07) is 2.59. The van der Waals surface area contributed by atoms with Crippen molar-refractivity contribution in [3.63, 3.8) is 0 Å². The molecule has 0 unspecified atom stereocenters. The SMILES string of the molecule is Cc1ccc(F)c([C@H](N)CCN)c1Cl.Cl. The molecule has 1 atom stereocenters. The Morgan fingerprint density at radius 3 is 2.60 bits per heavy atom. The van der Waals surface area contributed by atoms with Crippen LogP contribution in [0.2, 0.25) is 5.02 Å². The predicted molar refractivity (Wildman–Crippen MR) is 64.0 cm³/mol. The Morgan fingerprint density at radius 1 is 1.47 bits per heavy atom. The largest absolute Gasteiger partial charge is 0.330 e. The average Bonchev–Trinajstić information content (AvgIpc) is 2.13. The monoisotopic (exact) mass is 252 g/mol. The Morgan fingerprint density at radius 2 is 2.07 bits per heavy atom. The lowest BCUT2D eigenvalue weighted by atomic mass is 10.0. The summed E-state index contributed by atoms with van der Waals surface area (Å²) in [6.07, 6.45) is 0.528. The van der Waals surface area contributed by atoms with Crippen molar-refractivity contribution in [2.24, 2.45) is 11.5 Å². The molecule has 0 radical (unpaired) electrons. The number of aryl methyl sites for hydroxylation is 1. The third-order valence-electron chi connectivity index (χ3n) is 2.17. The van der Waals surface area contributed by atoms with E-state index in [-0.39, 0.29) is 18.2 Å². The van der Waals surface area contributed by atoms with Crippen molar-refractivity contribution < 1.29 is 4.39 Å². The number of halogens is 3. The quantitative estimate of drug-likeness (QED) is 0.869. The van der Waals surface area contributed by atoms with Crippen LogP contribution in [0.3, 0.4) is 0 Å². The van der Waals surface area contributed by atoms with Crippen molar-refractivity contribution in [1.29, 1.82) is 0 Å². The molecule has 2 nitrogen and oxygen atoms in total. The van der Waals surface area contributed by atoms with Crippen LogP contribution in [0.4, 0.5) is 4.39 Å². The fourth-order valence-corrected chi connectivity index (χ4v) is 1.64. The fourth-order valence-electron chi connectivity index (χ4n) is 1.34. The minimum absolute atomic E-state index is 0. The fraction of sp³-hybridized carbons (Fsp3) is 0.400. The molecule has 0 saturated heterocycles. The van der Waals surface area contributed by atoms with Crippen LogP contribution in [0.5, 0.6) is 0 Å². The lowest BCUT2D eigenvalue weighted by Gasteiger charge is -2.14. The molecule has 0 aliphatic carbocycles. The molecule has 4 N–H and O–H groups in total. The first kappa shape index (κ1) is 14.6. The molecular weight excluding hydrogens is 238 g/mol. The van der Waals surface area contributed by atoms with Crippen molar-refractivity contribution in [3.8, 4) is 0 Å². The normalized spacial score (nSPS) is 12.1. The van der Waals surface area contributed by atoms with Crippen LogP contribution >= 0.6 is 24.0 Å². The minimum Gasteiger partial charge on any atom is -0.330 e. The maximum absolute atomic E-state index is 13.4. The molecule has 1 aromatic rings. The van der Waals surface area contributed by atoms with Gasteiger partial charge in [-0.2, -0.15) is 0 Å². The molecule has 15 heavy (non-hydrogen) atoms. The molecule has 0 bridgehead atoms. The molecule has 0 fully saturated rings. The second-order valence-electron chi connectivity index (χ2n) is 3.28. The summed E-state index contributed by atoms with van der Waals surface area (Å²) < 4.78 is 13.4. The van der Waals surface area contributed by atoms with Crippen LogP contribution in [0.25, 0.3) is 0 Å². The zero-order chi connectivity index (χ0) is 10.7. The van der Waals surface area contributed by atoms with Crippen molar-refractivity contribution in [2.75, 3.05) is 6.54 Å². The van der Waals surface area contributed by atoms with Gasteiger partial charge in [0, 0.05) is 11.6 Å². The molecular formula is C10H15Cl2FN2. The Hall–Kier alpha value is -0.350. The Kier molecular flexibility index (Phi) is 6.13. The highest BCUT2D eigenvalue weighted by Gasteiger charge is 2.15. The van der Waals surface area contributed by atoms with Crippen LogP contribution in [0.1, 0.15) is 23.6 Å². The third kappa shape index (κ3) is 3.31. The van der Waals surface area contributed by atoms with E-state index in [0.717, 1.165) is 5.56 Å². The third-order valence-corrected chi connectivity index (χ3v) is 2.67. The van der Waals surface area contributed by atoms with Crippen LogP contribution in [0.15, 0.2) is 12.1 Å². The second-order valence-corrected chi connectivity index (χ2v) is 3.65. The van der Waals surface area contributed by atoms with Gasteiger partial charge in [-0.15, -0.1) is 12.4 Å². The van der Waals surface area contributed by atoms with Crippen LogP contribution in [-0.4, -0.2) is 6.54 Å². The Balaban J connectivity index is 0.00000196.